The molecule has 2 aromatic rings. The van der Waals surface area contributed by atoms with Gasteiger partial charge < -0.3 is 10.1 Å². The zero-order valence-corrected chi connectivity index (χ0v) is 16.7. The molecule has 0 radical (unpaired) electrons. The van der Waals surface area contributed by atoms with E-state index in [0.29, 0.717) is 23.1 Å². The van der Waals surface area contributed by atoms with Crippen molar-refractivity contribution in [3.8, 4) is 5.75 Å². The van der Waals surface area contributed by atoms with Crippen molar-refractivity contribution in [3.63, 3.8) is 0 Å². The van der Waals surface area contributed by atoms with Crippen molar-refractivity contribution in [1.82, 2.24) is 10.2 Å². The number of aliphatic imine (C=N–C) groups is 1. The number of nitrogens with zero attached hydrogens (tertiary/aromatic N) is 2. The molecule has 6 nitrogen and oxygen atoms in total. The fourth-order valence-corrected chi connectivity index (χ4v) is 3.89. The summed E-state index contributed by atoms with van der Waals surface area (Å²) in [5.41, 5.74) is 1.78. The van der Waals surface area contributed by atoms with Crippen molar-refractivity contribution in [1.29, 1.82) is 0 Å². The van der Waals surface area contributed by atoms with Gasteiger partial charge in [0.1, 0.15) is 11.4 Å². The molecule has 1 aliphatic heterocycles. The molecule has 1 aliphatic rings. The topological polar surface area (TPSA) is 71.0 Å². The van der Waals surface area contributed by atoms with Crippen LogP contribution in [0.2, 0.25) is 0 Å². The van der Waals surface area contributed by atoms with E-state index in [1.165, 1.54) is 16.7 Å². The normalized spacial score (nSPS) is 18.2. The smallest absolute Gasteiger partial charge is 0.234 e. The van der Waals surface area contributed by atoms with Gasteiger partial charge in [0.25, 0.3) is 0 Å². The summed E-state index contributed by atoms with van der Waals surface area (Å²) in [6, 6.07) is 17.3. The van der Waals surface area contributed by atoms with Crippen LogP contribution in [-0.2, 0) is 16.0 Å². The fraction of sp³-hybridized carbons (Fsp3) is 0.286. The number of benzene rings is 2. The quantitative estimate of drug-likeness (QED) is 0.813. The van der Waals surface area contributed by atoms with Crippen LogP contribution in [-0.4, -0.2) is 47.8 Å². The Morgan fingerprint density at radius 3 is 2.68 bits per heavy atom. The fourth-order valence-electron chi connectivity index (χ4n) is 2.81. The first-order chi connectivity index (χ1) is 13.6. The number of amides is 2. The van der Waals surface area contributed by atoms with Crippen molar-refractivity contribution in [3.05, 3.63) is 60.2 Å². The predicted molar refractivity (Wildman–Crippen MR) is 112 cm³/mol. The van der Waals surface area contributed by atoms with Gasteiger partial charge in [0.2, 0.25) is 11.8 Å². The van der Waals surface area contributed by atoms with Crippen molar-refractivity contribution in [2.75, 3.05) is 20.7 Å². The van der Waals surface area contributed by atoms with Crippen molar-refractivity contribution >= 4 is 34.4 Å². The lowest BCUT2D eigenvalue weighted by Gasteiger charge is -2.29. The number of thioether (sulfide) groups is 1. The molecule has 2 amide bonds. The van der Waals surface area contributed by atoms with E-state index in [4.69, 9.17) is 4.74 Å². The molecule has 0 unspecified atom stereocenters. The zero-order valence-electron chi connectivity index (χ0n) is 15.9. The van der Waals surface area contributed by atoms with Gasteiger partial charge >= 0.3 is 0 Å². The maximum Gasteiger partial charge on any atom is 0.234 e. The van der Waals surface area contributed by atoms with Gasteiger partial charge in [-0.3, -0.25) is 14.5 Å². The van der Waals surface area contributed by atoms with Crippen LogP contribution in [0.4, 0.5) is 5.69 Å². The first-order valence-electron chi connectivity index (χ1n) is 9.05. The second-order valence-electron chi connectivity index (χ2n) is 6.36. The van der Waals surface area contributed by atoms with Gasteiger partial charge in [-0.2, -0.15) is 0 Å². The lowest BCUT2D eigenvalue weighted by Crippen LogP contribution is -2.45. The minimum atomic E-state index is -0.493. The molecule has 146 valence electrons. The summed E-state index contributed by atoms with van der Waals surface area (Å²) in [4.78, 5) is 31.0. The van der Waals surface area contributed by atoms with E-state index in [-0.39, 0.29) is 18.2 Å². The molecule has 0 aliphatic carbocycles. The first kappa shape index (κ1) is 19.9. The summed E-state index contributed by atoms with van der Waals surface area (Å²) in [6.45, 7) is 0.531. The number of para-hydroxylation sites is 2. The van der Waals surface area contributed by atoms with Gasteiger partial charge in [-0.1, -0.05) is 54.2 Å². The summed E-state index contributed by atoms with van der Waals surface area (Å²) in [7, 11) is 3.25. The summed E-state index contributed by atoms with van der Waals surface area (Å²) >= 11 is 1.30. The molecule has 28 heavy (non-hydrogen) atoms. The molecule has 1 atom stereocenters. The van der Waals surface area contributed by atoms with Crippen LogP contribution in [0.15, 0.2) is 59.6 Å². The van der Waals surface area contributed by atoms with Gasteiger partial charge in [0.15, 0.2) is 5.17 Å². The standard InChI is InChI=1S/C21H23N3O3S/c1-24-19(25)14-18(20(26)22-13-12-15-8-4-3-5-9-15)28-21(24)23-16-10-6-7-11-17(16)27-2/h3-11,18H,12-14H2,1-2H3,(H,22,26)/t18-/m1/s1. The van der Waals surface area contributed by atoms with Crippen molar-refractivity contribution in [2.24, 2.45) is 4.99 Å². The number of carbonyl (C=O) groups is 2. The Bertz CT molecular complexity index is 870. The van der Waals surface area contributed by atoms with E-state index in [1.54, 1.807) is 14.2 Å². The molecule has 1 fully saturated rings. The van der Waals surface area contributed by atoms with Crippen LogP contribution in [0.1, 0.15) is 12.0 Å². The molecule has 1 heterocycles. The lowest BCUT2D eigenvalue weighted by atomic mass is 10.1. The van der Waals surface area contributed by atoms with Crippen molar-refractivity contribution < 1.29 is 14.3 Å². The zero-order chi connectivity index (χ0) is 19.9. The average molecular weight is 398 g/mol. The van der Waals surface area contributed by atoms with Gasteiger partial charge in [-0.15, -0.1) is 0 Å². The van der Waals surface area contributed by atoms with Gasteiger partial charge in [0.05, 0.1) is 12.4 Å². The number of carbonyl (C=O) groups excluding carboxylic acids is 2. The van der Waals surface area contributed by atoms with Crippen LogP contribution >= 0.6 is 11.8 Å². The molecule has 2 aromatic carbocycles. The highest BCUT2D eigenvalue weighted by Gasteiger charge is 2.34. The number of ether oxygens (including phenoxy) is 1. The maximum atomic E-state index is 12.6. The average Bonchev–Trinajstić information content (AvgIpc) is 2.72. The Morgan fingerprint density at radius 1 is 1.21 bits per heavy atom. The molecular formula is C21H23N3O3S. The summed E-state index contributed by atoms with van der Waals surface area (Å²) < 4.78 is 5.32. The molecule has 1 saturated heterocycles. The highest BCUT2D eigenvalue weighted by atomic mass is 32.2. The minimum Gasteiger partial charge on any atom is -0.494 e. The molecule has 0 bridgehead atoms. The van der Waals surface area contributed by atoms with Gasteiger partial charge in [-0.25, -0.2) is 4.99 Å². The molecule has 1 N–H and O–H groups in total. The molecule has 3 rings (SSSR count). The Balaban J connectivity index is 1.66. The Morgan fingerprint density at radius 2 is 1.93 bits per heavy atom. The molecule has 7 heteroatoms. The van der Waals surface area contributed by atoms with E-state index in [2.05, 4.69) is 10.3 Å². The highest BCUT2D eigenvalue weighted by molar-refractivity contribution is 8.15. The minimum absolute atomic E-state index is 0.129. The second kappa shape index (κ2) is 9.41. The molecule has 0 aromatic heterocycles. The van der Waals surface area contributed by atoms with Crippen LogP contribution in [0.5, 0.6) is 5.75 Å². The van der Waals surface area contributed by atoms with Crippen LogP contribution in [0.25, 0.3) is 0 Å². The highest BCUT2D eigenvalue weighted by Crippen LogP contribution is 2.32. The second-order valence-corrected chi connectivity index (χ2v) is 7.53. The van der Waals surface area contributed by atoms with E-state index < -0.39 is 5.25 Å². The largest absolute Gasteiger partial charge is 0.494 e. The van der Waals surface area contributed by atoms with Crippen LogP contribution in [0, 0.1) is 0 Å². The lowest BCUT2D eigenvalue weighted by molar-refractivity contribution is -0.129. The number of nitrogens with one attached hydrogen (secondary N) is 1. The number of amidine groups is 1. The Hall–Kier alpha value is -2.80. The third-order valence-electron chi connectivity index (χ3n) is 4.42. The third kappa shape index (κ3) is 4.92. The summed E-state index contributed by atoms with van der Waals surface area (Å²) in [6.07, 6.45) is 0.906. The predicted octanol–water partition coefficient (Wildman–Crippen LogP) is 3.01. The van der Waals surface area contributed by atoms with E-state index in [0.717, 1.165) is 12.0 Å². The maximum absolute atomic E-state index is 12.6. The van der Waals surface area contributed by atoms with Gasteiger partial charge in [-0.05, 0) is 24.1 Å². The van der Waals surface area contributed by atoms with E-state index in [1.807, 2.05) is 54.6 Å². The van der Waals surface area contributed by atoms with E-state index >= 15 is 0 Å². The number of hydrogen-bond donors (Lipinski definition) is 1. The van der Waals surface area contributed by atoms with Gasteiger partial charge in [0, 0.05) is 20.0 Å². The number of rotatable bonds is 6. The molecule has 0 spiro atoms. The van der Waals surface area contributed by atoms with Crippen LogP contribution in [0.3, 0.4) is 0 Å². The Kier molecular flexibility index (Phi) is 6.71. The van der Waals surface area contributed by atoms with Crippen LogP contribution < -0.4 is 10.1 Å². The number of hydrogen-bond acceptors (Lipinski definition) is 5. The molecule has 0 saturated carbocycles. The molecular weight excluding hydrogens is 374 g/mol. The third-order valence-corrected chi connectivity index (χ3v) is 5.66. The summed E-state index contributed by atoms with van der Waals surface area (Å²) in [5, 5.41) is 2.93. The monoisotopic (exact) mass is 397 g/mol. The number of methoxy groups -OCH3 is 1. The first-order valence-corrected chi connectivity index (χ1v) is 9.93. The SMILES string of the molecule is COc1ccccc1N=C1S[C@@H](C(=O)NCCc2ccccc2)CC(=O)N1C. The van der Waals surface area contributed by atoms with E-state index in [9.17, 15) is 9.59 Å². The Labute approximate surface area is 169 Å². The van der Waals surface area contributed by atoms with Crippen molar-refractivity contribution in [2.45, 2.75) is 18.1 Å². The summed E-state index contributed by atoms with van der Waals surface area (Å²) in [5.74, 6) is 0.344.